The smallest absolute Gasteiger partial charge is 0.187 e. The van der Waals surface area contributed by atoms with E-state index in [1.54, 1.807) is 0 Å². The molecule has 38 valence electrons. The second kappa shape index (κ2) is 2.63. The van der Waals surface area contributed by atoms with Gasteiger partial charge in [0.2, 0.25) is 0 Å². The van der Waals surface area contributed by atoms with Gasteiger partial charge in [-0.3, -0.25) is 0 Å². The van der Waals surface area contributed by atoms with Crippen LogP contribution in [0.4, 0.5) is 0 Å². The van der Waals surface area contributed by atoms with Crippen LogP contribution in [-0.4, -0.2) is 22.9 Å². The van der Waals surface area contributed by atoms with Crippen LogP contribution in [0.2, 0.25) is 0 Å². The van der Waals surface area contributed by atoms with E-state index in [1.807, 2.05) is 20.8 Å². The predicted octanol–water partition coefficient (Wildman–Crippen LogP) is -0.440. The first-order valence-electron chi connectivity index (χ1n) is 1.79. The fourth-order valence-electron chi connectivity index (χ4n) is 0. The Balaban J connectivity index is 0. The van der Waals surface area contributed by atoms with Crippen molar-refractivity contribution in [1.29, 1.82) is 0 Å². The third-order valence-electron chi connectivity index (χ3n) is 0. The van der Waals surface area contributed by atoms with E-state index in [9.17, 15) is 0 Å². The van der Waals surface area contributed by atoms with Crippen LogP contribution in [0.5, 0.6) is 0 Å². The van der Waals surface area contributed by atoms with Crippen molar-refractivity contribution >= 4 is 17.4 Å². The van der Waals surface area contributed by atoms with E-state index in [1.165, 1.54) is 0 Å². The molecule has 0 aliphatic rings. The van der Waals surface area contributed by atoms with Crippen molar-refractivity contribution in [1.82, 2.24) is 0 Å². The predicted molar refractivity (Wildman–Crippen MR) is 33.9 cm³/mol. The molecule has 0 aromatic heterocycles. The topological polar surface area (TPSA) is 26.0 Å². The van der Waals surface area contributed by atoms with E-state index in [4.69, 9.17) is 5.73 Å². The minimum atomic E-state index is 0. The summed E-state index contributed by atoms with van der Waals surface area (Å²) in [5.74, 6) is 0. The largest absolute Gasteiger partial charge is 0.326 e. The molecule has 0 saturated heterocycles. The van der Waals surface area contributed by atoms with E-state index in [0.29, 0.717) is 0 Å². The molecule has 0 heterocycles. The Morgan fingerprint density at radius 3 is 1.17 bits per heavy atom. The van der Waals surface area contributed by atoms with Gasteiger partial charge >= 0.3 is 0 Å². The number of nitrogens with two attached hydrogens (primary N) is 1. The second-order valence-electron chi connectivity index (χ2n) is 2.37. The van der Waals surface area contributed by atoms with Crippen molar-refractivity contribution in [3.8, 4) is 0 Å². The summed E-state index contributed by atoms with van der Waals surface area (Å²) in [6, 6.07) is 0. The maximum Gasteiger partial charge on any atom is 0.187 e. The van der Waals surface area contributed by atoms with Gasteiger partial charge in [0.25, 0.3) is 0 Å². The zero-order valence-electron chi connectivity index (χ0n) is 4.08. The molecular weight excluding hydrogens is 89.0 g/mol. The van der Waals surface area contributed by atoms with Crippen LogP contribution in [0.25, 0.3) is 0 Å². The van der Waals surface area contributed by atoms with Crippen LogP contribution >= 0.6 is 0 Å². The average molecular weight is 103 g/mol. The molecule has 6 heavy (non-hydrogen) atoms. The summed E-state index contributed by atoms with van der Waals surface area (Å²) >= 11 is 0. The molecule has 2 heteroatoms. The molecule has 0 rings (SSSR count). The summed E-state index contributed by atoms with van der Waals surface area (Å²) in [7, 11) is 0. The molecule has 0 fully saturated rings. The molecule has 0 aromatic rings. The summed E-state index contributed by atoms with van der Waals surface area (Å²) in [5, 5.41) is 0. The summed E-state index contributed by atoms with van der Waals surface area (Å²) < 4.78 is 0. The van der Waals surface area contributed by atoms with E-state index >= 15 is 0 Å². The highest BCUT2D eigenvalue weighted by molar-refractivity contribution is 5.75. The molecule has 0 spiro atoms. The summed E-state index contributed by atoms with van der Waals surface area (Å²) in [5.41, 5.74) is 5.35. The lowest BCUT2D eigenvalue weighted by Gasteiger charge is -2.06. The van der Waals surface area contributed by atoms with E-state index in [2.05, 4.69) is 0 Å². The highest BCUT2D eigenvalue weighted by atomic mass is 27.0. The van der Waals surface area contributed by atoms with Gasteiger partial charge in [-0.15, -0.1) is 0 Å². The third kappa shape index (κ3) is 226. The fourth-order valence-corrected chi connectivity index (χ4v) is 0. The van der Waals surface area contributed by atoms with Gasteiger partial charge in [-0.05, 0) is 20.8 Å². The van der Waals surface area contributed by atoms with Gasteiger partial charge in [0.15, 0.2) is 17.4 Å². The lowest BCUT2D eigenvalue weighted by Crippen LogP contribution is -2.26. The van der Waals surface area contributed by atoms with Crippen molar-refractivity contribution in [2.75, 3.05) is 0 Å². The summed E-state index contributed by atoms with van der Waals surface area (Å²) in [6.45, 7) is 5.90. The van der Waals surface area contributed by atoms with Crippen LogP contribution in [0.3, 0.4) is 0 Å². The van der Waals surface area contributed by atoms with Crippen molar-refractivity contribution < 1.29 is 0 Å². The quantitative estimate of drug-likeness (QED) is 0.413. The van der Waals surface area contributed by atoms with Crippen molar-refractivity contribution in [2.24, 2.45) is 5.73 Å². The molecule has 0 bridgehead atoms. The Morgan fingerprint density at radius 2 is 1.17 bits per heavy atom. The number of rotatable bonds is 0. The Labute approximate surface area is 50.0 Å². The standard InChI is InChI=1S/C4H11N.Al.3H/c1-4(2,3)5;;;;/h5H2,1-3H3;;;;. The van der Waals surface area contributed by atoms with Crippen LogP contribution in [0.1, 0.15) is 20.8 Å². The molecular formula is C4H14AlN. The fraction of sp³-hybridized carbons (Fsp3) is 1.00. The minimum Gasteiger partial charge on any atom is -0.326 e. The molecule has 2 N–H and O–H groups in total. The molecule has 0 radical (unpaired) electrons. The van der Waals surface area contributed by atoms with Crippen molar-refractivity contribution in [3.05, 3.63) is 0 Å². The third-order valence-corrected chi connectivity index (χ3v) is 0. The molecule has 0 aliphatic heterocycles. The highest BCUT2D eigenvalue weighted by Gasteiger charge is 1.95. The zero-order valence-corrected chi connectivity index (χ0v) is 4.08. The molecule has 0 atom stereocenters. The first-order chi connectivity index (χ1) is 2.00. The monoisotopic (exact) mass is 103 g/mol. The lowest BCUT2D eigenvalue weighted by molar-refractivity contribution is 0.580. The average Bonchev–Trinajstić information content (AvgIpc) is 0.722. The first kappa shape index (κ1) is 9.70. The van der Waals surface area contributed by atoms with Gasteiger partial charge in [0.05, 0.1) is 0 Å². The van der Waals surface area contributed by atoms with Gasteiger partial charge in [-0.1, -0.05) is 0 Å². The van der Waals surface area contributed by atoms with Crippen LogP contribution in [0.15, 0.2) is 0 Å². The van der Waals surface area contributed by atoms with Gasteiger partial charge in [-0.25, -0.2) is 0 Å². The SMILES string of the molecule is CC(C)(C)N.[AlH3]. The molecule has 0 aliphatic carbocycles. The van der Waals surface area contributed by atoms with Gasteiger partial charge in [0.1, 0.15) is 0 Å². The second-order valence-corrected chi connectivity index (χ2v) is 2.37. The van der Waals surface area contributed by atoms with Crippen molar-refractivity contribution in [2.45, 2.75) is 26.3 Å². The van der Waals surface area contributed by atoms with Crippen molar-refractivity contribution in [3.63, 3.8) is 0 Å². The normalized spacial score (nSPS) is 10.0. The van der Waals surface area contributed by atoms with Gasteiger partial charge in [0, 0.05) is 5.54 Å². The van der Waals surface area contributed by atoms with E-state index in [0.717, 1.165) is 0 Å². The Kier molecular flexibility index (Phi) is 4.25. The van der Waals surface area contributed by atoms with Crippen LogP contribution < -0.4 is 5.73 Å². The Bertz CT molecular complexity index is 23.0. The Hall–Kier alpha value is 0.492. The maximum atomic E-state index is 5.35. The van der Waals surface area contributed by atoms with E-state index in [-0.39, 0.29) is 22.9 Å². The summed E-state index contributed by atoms with van der Waals surface area (Å²) in [4.78, 5) is 0. The summed E-state index contributed by atoms with van der Waals surface area (Å²) in [6.07, 6.45) is 0. The van der Waals surface area contributed by atoms with Crippen LogP contribution in [0, 0.1) is 0 Å². The maximum absolute atomic E-state index is 5.35. The number of hydrogen-bond acceptors (Lipinski definition) is 1. The van der Waals surface area contributed by atoms with E-state index < -0.39 is 0 Å². The van der Waals surface area contributed by atoms with Gasteiger partial charge < -0.3 is 5.73 Å². The first-order valence-corrected chi connectivity index (χ1v) is 1.79. The molecule has 0 amide bonds. The zero-order chi connectivity index (χ0) is 4.50. The highest BCUT2D eigenvalue weighted by Crippen LogP contribution is 1.88. The molecule has 0 saturated carbocycles. The Morgan fingerprint density at radius 1 is 1.17 bits per heavy atom. The van der Waals surface area contributed by atoms with Crippen LogP contribution in [-0.2, 0) is 0 Å². The lowest BCUT2D eigenvalue weighted by atomic mass is 10.1. The molecule has 0 unspecified atom stereocenters. The molecule has 1 nitrogen and oxygen atoms in total. The minimum absolute atomic E-state index is 0. The number of hydrogen-bond donors (Lipinski definition) is 1. The molecule has 0 aromatic carbocycles. The van der Waals surface area contributed by atoms with Gasteiger partial charge in [-0.2, -0.15) is 0 Å².